The fourth-order valence-electron chi connectivity index (χ4n) is 2.16. The largest absolute Gasteiger partial charge is 0.378 e. The van der Waals surface area contributed by atoms with Crippen molar-refractivity contribution in [2.75, 3.05) is 32.1 Å². The minimum absolute atomic E-state index is 0.625. The van der Waals surface area contributed by atoms with Crippen molar-refractivity contribution >= 4 is 11.8 Å². The van der Waals surface area contributed by atoms with Crippen molar-refractivity contribution in [3.8, 4) is 0 Å². The maximum absolute atomic E-state index is 5.52. The van der Waals surface area contributed by atoms with E-state index >= 15 is 0 Å². The molecule has 1 atom stereocenters. The Morgan fingerprint density at radius 1 is 1.35 bits per heavy atom. The van der Waals surface area contributed by atoms with Crippen LogP contribution in [0.2, 0.25) is 0 Å². The van der Waals surface area contributed by atoms with E-state index in [1.54, 1.807) is 0 Å². The molecule has 3 heteroatoms. The molecular formula is C14H21NOS. The molecule has 0 spiro atoms. The first-order valence-electron chi connectivity index (χ1n) is 6.40. The minimum Gasteiger partial charge on any atom is -0.378 e. The van der Waals surface area contributed by atoms with E-state index in [0.717, 1.165) is 19.8 Å². The van der Waals surface area contributed by atoms with Crippen molar-refractivity contribution in [3.05, 3.63) is 30.3 Å². The summed E-state index contributed by atoms with van der Waals surface area (Å²) in [6.45, 7) is 6.31. The Bertz CT molecular complexity index is 317. The molecule has 1 unspecified atom stereocenters. The van der Waals surface area contributed by atoms with E-state index < -0.39 is 0 Å². The summed E-state index contributed by atoms with van der Waals surface area (Å²) in [7, 11) is 0. The van der Waals surface area contributed by atoms with Crippen LogP contribution in [0.1, 0.15) is 13.3 Å². The van der Waals surface area contributed by atoms with Crippen molar-refractivity contribution in [3.63, 3.8) is 0 Å². The summed E-state index contributed by atoms with van der Waals surface area (Å²) in [4.78, 5) is 3.94. The summed E-state index contributed by atoms with van der Waals surface area (Å²) in [6, 6.07) is 11.3. The van der Waals surface area contributed by atoms with Crippen LogP contribution in [0.4, 0.5) is 0 Å². The van der Waals surface area contributed by atoms with Gasteiger partial charge in [0.2, 0.25) is 0 Å². The second kappa shape index (κ2) is 7.04. The summed E-state index contributed by atoms with van der Waals surface area (Å²) in [6.07, 6.45) is 1.19. The number of morpholine rings is 1. The van der Waals surface area contributed by atoms with Gasteiger partial charge in [-0.3, -0.25) is 4.90 Å². The normalized spacial score (nSPS) is 21.6. The third-order valence-electron chi connectivity index (χ3n) is 3.21. The molecule has 0 saturated carbocycles. The van der Waals surface area contributed by atoms with Gasteiger partial charge in [-0.2, -0.15) is 0 Å². The Kier molecular flexibility index (Phi) is 5.36. The lowest BCUT2D eigenvalue weighted by Crippen LogP contribution is -2.45. The van der Waals surface area contributed by atoms with Gasteiger partial charge in [0, 0.05) is 29.8 Å². The molecule has 2 nitrogen and oxygen atoms in total. The zero-order chi connectivity index (χ0) is 11.9. The summed E-state index contributed by atoms with van der Waals surface area (Å²) in [5, 5.41) is 0. The fourth-order valence-corrected chi connectivity index (χ4v) is 3.07. The maximum Gasteiger partial charge on any atom is 0.0622 e. The van der Waals surface area contributed by atoms with Crippen molar-refractivity contribution in [2.24, 2.45) is 0 Å². The van der Waals surface area contributed by atoms with Gasteiger partial charge in [0.25, 0.3) is 0 Å². The Balaban J connectivity index is 1.74. The highest BCUT2D eigenvalue weighted by atomic mass is 32.2. The molecule has 1 saturated heterocycles. The van der Waals surface area contributed by atoms with Gasteiger partial charge < -0.3 is 4.74 Å². The molecule has 0 radical (unpaired) electrons. The van der Waals surface area contributed by atoms with Crippen molar-refractivity contribution in [1.29, 1.82) is 0 Å². The predicted octanol–water partition coefficient (Wildman–Crippen LogP) is 2.89. The molecule has 0 N–H and O–H groups in total. The maximum atomic E-state index is 5.52. The van der Waals surface area contributed by atoms with Crippen LogP contribution in [-0.2, 0) is 4.74 Å². The second-order valence-corrected chi connectivity index (χ2v) is 5.50. The molecule has 17 heavy (non-hydrogen) atoms. The number of nitrogens with zero attached hydrogens (tertiary/aromatic N) is 1. The predicted molar refractivity (Wildman–Crippen MR) is 73.6 cm³/mol. The first kappa shape index (κ1) is 12.9. The molecule has 1 fully saturated rings. The van der Waals surface area contributed by atoms with Crippen molar-refractivity contribution in [2.45, 2.75) is 24.3 Å². The number of hydrogen-bond donors (Lipinski definition) is 0. The molecule has 1 aliphatic rings. The Labute approximate surface area is 108 Å². The van der Waals surface area contributed by atoms with Gasteiger partial charge in [-0.05, 0) is 18.6 Å². The van der Waals surface area contributed by atoms with Gasteiger partial charge >= 0.3 is 0 Å². The molecule has 1 aromatic carbocycles. The molecule has 1 aliphatic heterocycles. The summed E-state index contributed by atoms with van der Waals surface area (Å²) < 4.78 is 5.52. The number of rotatable bonds is 5. The average molecular weight is 251 g/mol. The lowest BCUT2D eigenvalue weighted by Gasteiger charge is -2.34. The van der Waals surface area contributed by atoms with Gasteiger partial charge in [0.1, 0.15) is 0 Å². The summed E-state index contributed by atoms with van der Waals surface area (Å²) in [5.41, 5.74) is 0. The van der Waals surface area contributed by atoms with Crippen LogP contribution in [0, 0.1) is 0 Å². The highest BCUT2D eigenvalue weighted by Crippen LogP contribution is 2.18. The molecule has 0 aromatic heterocycles. The van der Waals surface area contributed by atoms with E-state index in [4.69, 9.17) is 4.74 Å². The lowest BCUT2D eigenvalue weighted by atomic mass is 10.2. The number of ether oxygens (including phenoxy) is 1. The lowest BCUT2D eigenvalue weighted by molar-refractivity contribution is -0.00532. The van der Waals surface area contributed by atoms with Crippen LogP contribution in [0.3, 0.4) is 0 Å². The third-order valence-corrected chi connectivity index (χ3v) is 4.20. The topological polar surface area (TPSA) is 12.5 Å². The quantitative estimate of drug-likeness (QED) is 0.747. The fraction of sp³-hybridized carbons (Fsp3) is 0.571. The van der Waals surface area contributed by atoms with Crippen LogP contribution in [0.5, 0.6) is 0 Å². The summed E-state index contributed by atoms with van der Waals surface area (Å²) >= 11 is 1.94. The highest BCUT2D eigenvalue weighted by molar-refractivity contribution is 7.99. The minimum atomic E-state index is 0.625. The van der Waals surface area contributed by atoms with Gasteiger partial charge in [-0.15, -0.1) is 11.8 Å². The van der Waals surface area contributed by atoms with Gasteiger partial charge in [0.15, 0.2) is 0 Å². The highest BCUT2D eigenvalue weighted by Gasteiger charge is 2.20. The van der Waals surface area contributed by atoms with Gasteiger partial charge in [-0.25, -0.2) is 0 Å². The molecule has 1 heterocycles. The van der Waals surface area contributed by atoms with E-state index in [2.05, 4.69) is 42.2 Å². The first-order valence-corrected chi connectivity index (χ1v) is 7.38. The molecule has 0 bridgehead atoms. The molecule has 1 aromatic rings. The molecule has 2 rings (SSSR count). The SMILES string of the molecule is CCC1COCCN1CCSc1ccccc1. The molecule has 0 aliphatic carbocycles. The number of benzene rings is 1. The number of thioether (sulfide) groups is 1. The molecule has 0 amide bonds. The Hall–Kier alpha value is -0.510. The molecular weight excluding hydrogens is 230 g/mol. The van der Waals surface area contributed by atoms with Crippen molar-refractivity contribution in [1.82, 2.24) is 4.90 Å². The monoisotopic (exact) mass is 251 g/mol. The van der Waals surface area contributed by atoms with E-state index in [0.29, 0.717) is 6.04 Å². The Morgan fingerprint density at radius 3 is 2.94 bits per heavy atom. The second-order valence-electron chi connectivity index (χ2n) is 4.33. The van der Waals surface area contributed by atoms with Crippen molar-refractivity contribution < 1.29 is 4.74 Å². The summed E-state index contributed by atoms with van der Waals surface area (Å²) in [5.74, 6) is 1.17. The van der Waals surface area contributed by atoms with E-state index in [1.807, 2.05) is 11.8 Å². The van der Waals surface area contributed by atoms with Crippen LogP contribution >= 0.6 is 11.8 Å². The zero-order valence-electron chi connectivity index (χ0n) is 10.5. The van der Waals surface area contributed by atoms with Crippen LogP contribution in [0.15, 0.2) is 35.2 Å². The standard InChI is InChI=1S/C14H21NOS/c1-2-13-12-16-10-8-15(13)9-11-17-14-6-4-3-5-7-14/h3-7,13H,2,8-12H2,1H3. The average Bonchev–Trinajstić information content (AvgIpc) is 2.40. The Morgan fingerprint density at radius 2 is 2.18 bits per heavy atom. The van der Waals surface area contributed by atoms with Crippen LogP contribution in [-0.4, -0.2) is 43.0 Å². The van der Waals surface area contributed by atoms with E-state index in [1.165, 1.54) is 23.6 Å². The zero-order valence-corrected chi connectivity index (χ0v) is 11.3. The van der Waals surface area contributed by atoms with Gasteiger partial charge in [-0.1, -0.05) is 25.1 Å². The first-order chi connectivity index (χ1) is 8.40. The van der Waals surface area contributed by atoms with Gasteiger partial charge in [0.05, 0.1) is 13.2 Å². The van der Waals surface area contributed by atoms with Crippen LogP contribution in [0.25, 0.3) is 0 Å². The van der Waals surface area contributed by atoms with E-state index in [9.17, 15) is 0 Å². The molecule has 94 valence electrons. The number of hydrogen-bond acceptors (Lipinski definition) is 3. The smallest absolute Gasteiger partial charge is 0.0622 e. The van der Waals surface area contributed by atoms with E-state index in [-0.39, 0.29) is 0 Å². The third kappa shape index (κ3) is 4.02. The van der Waals surface area contributed by atoms with Crippen LogP contribution < -0.4 is 0 Å².